The van der Waals surface area contributed by atoms with E-state index in [1.165, 1.54) is 12.1 Å². The zero-order valence-electron chi connectivity index (χ0n) is 9.15. The first-order chi connectivity index (χ1) is 6.88. The number of nitrogens with one attached hydrogen (secondary N) is 1. The molecule has 0 aromatic heterocycles. The molecule has 0 spiro atoms. The molecule has 1 aromatic carbocycles. The van der Waals surface area contributed by atoms with E-state index in [-0.39, 0.29) is 11.2 Å². The van der Waals surface area contributed by atoms with Gasteiger partial charge in [0.25, 0.3) is 5.69 Å². The Kier molecular flexibility index (Phi) is 3.19. The van der Waals surface area contributed by atoms with Crippen LogP contribution < -0.4 is 4.99 Å². The lowest BCUT2D eigenvalue weighted by atomic mass is 10.1. The van der Waals surface area contributed by atoms with Crippen LogP contribution in [0.25, 0.3) is 0 Å². The highest BCUT2D eigenvalue weighted by molar-refractivity contribution is 5.75. The molecular weight excluding hydrogens is 192 g/mol. The third-order valence-electron chi connectivity index (χ3n) is 1.78. The van der Waals surface area contributed by atoms with Crippen molar-refractivity contribution in [1.29, 1.82) is 0 Å². The molecule has 0 aliphatic carbocycles. The molecule has 0 aliphatic rings. The van der Waals surface area contributed by atoms with Gasteiger partial charge in [0.05, 0.1) is 4.92 Å². The molecule has 4 nitrogen and oxygen atoms in total. The smallest absolute Gasteiger partial charge is 0.258 e. The highest BCUT2D eigenvalue weighted by atomic mass is 16.6. The monoisotopic (exact) mass is 207 g/mol. The van der Waals surface area contributed by atoms with Crippen LogP contribution in [0.5, 0.6) is 0 Å². The summed E-state index contributed by atoms with van der Waals surface area (Å²) in [5.41, 5.74) is 1.04. The van der Waals surface area contributed by atoms with E-state index in [1.807, 2.05) is 6.21 Å². The first kappa shape index (κ1) is 11.4. The number of benzene rings is 1. The summed E-state index contributed by atoms with van der Waals surface area (Å²) in [6.07, 6.45) is 1.85. The van der Waals surface area contributed by atoms with Gasteiger partial charge < -0.3 is 0 Å². The Bertz CT molecular complexity index is 375. The van der Waals surface area contributed by atoms with Crippen LogP contribution in [0.2, 0.25) is 0 Å². The lowest BCUT2D eigenvalue weighted by Crippen LogP contribution is -2.81. The summed E-state index contributed by atoms with van der Waals surface area (Å²) in [4.78, 5) is 13.2. The number of rotatable bonds is 2. The molecule has 0 atom stereocenters. The third kappa shape index (κ3) is 3.89. The van der Waals surface area contributed by atoms with Crippen LogP contribution in [-0.2, 0) is 0 Å². The van der Waals surface area contributed by atoms with Gasteiger partial charge in [0.1, 0.15) is 0 Å². The number of hydrogen-bond donors (Lipinski definition) is 1. The molecule has 1 aromatic rings. The molecule has 0 saturated heterocycles. The molecule has 0 saturated carbocycles. The summed E-state index contributed by atoms with van der Waals surface area (Å²) in [5, 5.41) is 10.4. The molecule has 15 heavy (non-hydrogen) atoms. The Hall–Kier alpha value is -1.71. The van der Waals surface area contributed by atoms with Crippen LogP contribution in [-0.4, -0.2) is 16.7 Å². The van der Waals surface area contributed by atoms with E-state index in [9.17, 15) is 10.1 Å². The molecule has 4 heteroatoms. The van der Waals surface area contributed by atoms with Gasteiger partial charge in [-0.3, -0.25) is 10.1 Å². The fourth-order valence-corrected chi connectivity index (χ4v) is 0.992. The van der Waals surface area contributed by atoms with Crippen molar-refractivity contribution in [3.8, 4) is 0 Å². The average molecular weight is 207 g/mol. The fraction of sp³-hybridized carbons (Fsp3) is 0.364. The average Bonchev–Trinajstić information content (AvgIpc) is 2.14. The van der Waals surface area contributed by atoms with Gasteiger partial charge in [0.15, 0.2) is 11.8 Å². The molecule has 0 radical (unpaired) electrons. The van der Waals surface area contributed by atoms with Gasteiger partial charge in [-0.15, -0.1) is 0 Å². The van der Waals surface area contributed by atoms with Crippen LogP contribution in [0, 0.1) is 10.1 Å². The zero-order chi connectivity index (χ0) is 11.5. The minimum Gasteiger partial charge on any atom is -0.258 e. The van der Waals surface area contributed by atoms with Gasteiger partial charge in [0, 0.05) is 17.7 Å². The van der Waals surface area contributed by atoms with E-state index in [4.69, 9.17) is 0 Å². The number of nitrogens with zero attached hydrogens (tertiary/aromatic N) is 1. The SMILES string of the molecule is CC(C)(C)[NH+]=Cc1ccc([N+](=O)[O-])cc1. The van der Waals surface area contributed by atoms with Gasteiger partial charge in [-0.2, -0.15) is 0 Å². The number of hydrogen-bond acceptors (Lipinski definition) is 2. The Labute approximate surface area is 88.8 Å². The maximum Gasteiger partial charge on any atom is 0.269 e. The van der Waals surface area contributed by atoms with Crippen LogP contribution in [0.15, 0.2) is 24.3 Å². The van der Waals surface area contributed by atoms with Gasteiger partial charge in [-0.1, -0.05) is 0 Å². The summed E-state index contributed by atoms with van der Waals surface area (Å²) < 4.78 is 0. The van der Waals surface area contributed by atoms with E-state index in [1.54, 1.807) is 12.1 Å². The fourth-order valence-electron chi connectivity index (χ4n) is 0.992. The van der Waals surface area contributed by atoms with Crippen LogP contribution in [0.1, 0.15) is 26.3 Å². The topological polar surface area (TPSA) is 57.1 Å². The summed E-state index contributed by atoms with van der Waals surface area (Å²) in [7, 11) is 0. The molecule has 1 N–H and O–H groups in total. The van der Waals surface area contributed by atoms with Crippen molar-refractivity contribution >= 4 is 11.9 Å². The van der Waals surface area contributed by atoms with Crippen molar-refractivity contribution in [3.63, 3.8) is 0 Å². The molecular formula is C11H15N2O2+. The summed E-state index contributed by atoms with van der Waals surface area (Å²) in [5.74, 6) is 0. The molecule has 0 bridgehead atoms. The van der Waals surface area contributed by atoms with E-state index < -0.39 is 4.92 Å². The van der Waals surface area contributed by atoms with Crippen molar-refractivity contribution in [3.05, 3.63) is 39.9 Å². The number of nitro benzene ring substituents is 1. The van der Waals surface area contributed by atoms with Crippen LogP contribution in [0.3, 0.4) is 0 Å². The summed E-state index contributed by atoms with van der Waals surface area (Å²) in [6, 6.07) is 6.43. The molecule has 0 fully saturated rings. The standard InChI is InChI=1S/C11H14N2O2/c1-11(2,3)12-8-9-4-6-10(7-5-9)13(14)15/h4-8H,1-3H3/p+1. The molecule has 80 valence electrons. The third-order valence-corrected chi connectivity index (χ3v) is 1.78. The second kappa shape index (κ2) is 4.21. The Morgan fingerprint density at radius 2 is 1.80 bits per heavy atom. The summed E-state index contributed by atoms with van der Waals surface area (Å²) in [6.45, 7) is 6.15. The molecule has 0 amide bonds. The van der Waals surface area contributed by atoms with Crippen molar-refractivity contribution in [2.24, 2.45) is 0 Å². The van der Waals surface area contributed by atoms with E-state index >= 15 is 0 Å². The van der Waals surface area contributed by atoms with Crippen molar-refractivity contribution in [2.45, 2.75) is 26.3 Å². The lowest BCUT2D eigenvalue weighted by Gasteiger charge is -2.03. The summed E-state index contributed by atoms with van der Waals surface area (Å²) >= 11 is 0. The van der Waals surface area contributed by atoms with Crippen molar-refractivity contribution in [2.75, 3.05) is 0 Å². The van der Waals surface area contributed by atoms with Gasteiger partial charge in [-0.25, -0.2) is 4.99 Å². The molecule has 0 heterocycles. The maximum atomic E-state index is 10.4. The van der Waals surface area contributed by atoms with Crippen LogP contribution >= 0.6 is 0 Å². The Balaban J connectivity index is 2.82. The van der Waals surface area contributed by atoms with Gasteiger partial charge >= 0.3 is 0 Å². The number of non-ortho nitro benzene ring substituents is 1. The Morgan fingerprint density at radius 3 is 2.20 bits per heavy atom. The zero-order valence-corrected chi connectivity index (χ0v) is 9.15. The normalized spacial score (nSPS) is 11.9. The molecule has 0 unspecified atom stereocenters. The van der Waals surface area contributed by atoms with E-state index in [2.05, 4.69) is 25.8 Å². The highest BCUT2D eigenvalue weighted by Crippen LogP contribution is 2.09. The Morgan fingerprint density at radius 1 is 1.27 bits per heavy atom. The van der Waals surface area contributed by atoms with Gasteiger partial charge in [-0.05, 0) is 32.9 Å². The largest absolute Gasteiger partial charge is 0.269 e. The first-order valence-electron chi connectivity index (χ1n) is 4.74. The molecule has 1 rings (SSSR count). The number of nitro groups is 1. The maximum absolute atomic E-state index is 10.4. The second-order valence-electron chi connectivity index (χ2n) is 4.39. The lowest BCUT2D eigenvalue weighted by molar-refractivity contribution is -0.533. The quantitative estimate of drug-likeness (QED) is 0.445. The highest BCUT2D eigenvalue weighted by Gasteiger charge is 2.11. The van der Waals surface area contributed by atoms with Crippen LogP contribution in [0.4, 0.5) is 5.69 Å². The predicted molar refractivity (Wildman–Crippen MR) is 59.0 cm³/mol. The predicted octanol–water partition coefficient (Wildman–Crippen LogP) is 0.893. The van der Waals surface area contributed by atoms with E-state index in [0.717, 1.165) is 5.56 Å². The van der Waals surface area contributed by atoms with Crippen molar-refractivity contribution in [1.82, 2.24) is 0 Å². The van der Waals surface area contributed by atoms with E-state index in [0.29, 0.717) is 0 Å². The van der Waals surface area contributed by atoms with Crippen molar-refractivity contribution < 1.29 is 9.92 Å². The first-order valence-corrected chi connectivity index (χ1v) is 4.74. The van der Waals surface area contributed by atoms with Gasteiger partial charge in [0.2, 0.25) is 0 Å². The second-order valence-corrected chi connectivity index (χ2v) is 4.39. The minimum absolute atomic E-state index is 0.00176. The minimum atomic E-state index is -0.402. The molecule has 0 aliphatic heterocycles.